The van der Waals surface area contributed by atoms with Crippen molar-refractivity contribution in [3.63, 3.8) is 0 Å². The number of anilines is 1. The van der Waals surface area contributed by atoms with Crippen LogP contribution in [-0.4, -0.2) is 4.92 Å². The molecule has 0 fully saturated rings. The topological polar surface area (TPSA) is 55.2 Å². The van der Waals surface area contributed by atoms with E-state index in [1.807, 2.05) is 38.1 Å². The summed E-state index contributed by atoms with van der Waals surface area (Å²) in [6.07, 6.45) is 0. The lowest BCUT2D eigenvalue weighted by molar-refractivity contribution is -0.384. The lowest BCUT2D eigenvalue weighted by atomic mass is 10.0. The van der Waals surface area contributed by atoms with Gasteiger partial charge in [-0.05, 0) is 37.1 Å². The van der Waals surface area contributed by atoms with Gasteiger partial charge in [0.15, 0.2) is 0 Å². The smallest absolute Gasteiger partial charge is 0.293 e. The Morgan fingerprint density at radius 3 is 2.60 bits per heavy atom. The van der Waals surface area contributed by atoms with Crippen LogP contribution < -0.4 is 5.32 Å². The van der Waals surface area contributed by atoms with Crippen LogP contribution in [0.25, 0.3) is 0 Å². The van der Waals surface area contributed by atoms with Gasteiger partial charge >= 0.3 is 0 Å². The van der Waals surface area contributed by atoms with Gasteiger partial charge in [0.05, 0.1) is 4.92 Å². The number of halogens is 1. The van der Waals surface area contributed by atoms with Crippen LogP contribution in [0.1, 0.15) is 24.1 Å². The molecule has 0 saturated carbocycles. The molecule has 1 atom stereocenters. The maximum Gasteiger partial charge on any atom is 0.293 e. The van der Waals surface area contributed by atoms with E-state index in [4.69, 9.17) is 11.6 Å². The van der Waals surface area contributed by atoms with Crippen LogP contribution in [0.4, 0.5) is 11.4 Å². The van der Waals surface area contributed by atoms with Gasteiger partial charge in [0, 0.05) is 17.1 Å². The SMILES string of the molecule is Cc1ccccc1C(C)Nc1ccc(Cl)cc1[N+](=O)[O-]. The average molecular weight is 291 g/mol. The fourth-order valence-corrected chi connectivity index (χ4v) is 2.33. The van der Waals surface area contributed by atoms with Crippen LogP contribution in [0.3, 0.4) is 0 Å². The molecule has 1 N–H and O–H groups in total. The number of nitro benzene ring substituents is 1. The lowest BCUT2D eigenvalue weighted by Crippen LogP contribution is -2.09. The van der Waals surface area contributed by atoms with Gasteiger partial charge in [-0.25, -0.2) is 0 Å². The van der Waals surface area contributed by atoms with Crippen molar-refractivity contribution in [2.45, 2.75) is 19.9 Å². The van der Waals surface area contributed by atoms with Gasteiger partial charge in [-0.3, -0.25) is 10.1 Å². The zero-order valence-corrected chi connectivity index (χ0v) is 12.0. The number of rotatable bonds is 4. The number of nitro groups is 1. The van der Waals surface area contributed by atoms with Crippen molar-refractivity contribution in [2.24, 2.45) is 0 Å². The highest BCUT2D eigenvalue weighted by atomic mass is 35.5. The molecule has 0 amide bonds. The molecule has 104 valence electrons. The summed E-state index contributed by atoms with van der Waals surface area (Å²) in [7, 11) is 0. The van der Waals surface area contributed by atoms with Gasteiger partial charge in [-0.15, -0.1) is 0 Å². The predicted octanol–water partition coefficient (Wildman–Crippen LogP) is 4.73. The maximum atomic E-state index is 11.1. The fraction of sp³-hybridized carbons (Fsp3) is 0.200. The Morgan fingerprint density at radius 1 is 1.25 bits per heavy atom. The molecule has 2 rings (SSSR count). The number of nitrogens with zero attached hydrogens (tertiary/aromatic N) is 1. The number of hydrogen-bond acceptors (Lipinski definition) is 3. The van der Waals surface area contributed by atoms with E-state index in [-0.39, 0.29) is 11.7 Å². The third-order valence-electron chi connectivity index (χ3n) is 3.18. The van der Waals surface area contributed by atoms with Crippen molar-refractivity contribution in [1.82, 2.24) is 0 Å². The molecule has 0 aliphatic rings. The first-order chi connectivity index (χ1) is 9.49. The van der Waals surface area contributed by atoms with Crippen molar-refractivity contribution >= 4 is 23.0 Å². The summed E-state index contributed by atoms with van der Waals surface area (Å²) in [5, 5.41) is 14.6. The summed E-state index contributed by atoms with van der Waals surface area (Å²) in [4.78, 5) is 10.6. The molecular formula is C15H15ClN2O2. The van der Waals surface area contributed by atoms with Crippen molar-refractivity contribution in [3.8, 4) is 0 Å². The van der Waals surface area contributed by atoms with Crippen LogP contribution in [0, 0.1) is 17.0 Å². The second-order valence-electron chi connectivity index (χ2n) is 4.64. The van der Waals surface area contributed by atoms with E-state index in [2.05, 4.69) is 5.32 Å². The molecule has 2 aromatic rings. The van der Waals surface area contributed by atoms with Gasteiger partial charge in [0.2, 0.25) is 0 Å². The predicted molar refractivity (Wildman–Crippen MR) is 81.3 cm³/mol. The molecule has 20 heavy (non-hydrogen) atoms. The largest absolute Gasteiger partial charge is 0.373 e. The van der Waals surface area contributed by atoms with Gasteiger partial charge in [-0.1, -0.05) is 35.9 Å². The highest BCUT2D eigenvalue weighted by Gasteiger charge is 2.17. The molecule has 0 bridgehead atoms. The van der Waals surface area contributed by atoms with E-state index in [0.717, 1.165) is 11.1 Å². The van der Waals surface area contributed by atoms with Crippen LogP contribution in [0.5, 0.6) is 0 Å². The molecule has 0 radical (unpaired) electrons. The van der Waals surface area contributed by atoms with Crippen molar-refractivity contribution < 1.29 is 4.92 Å². The Morgan fingerprint density at radius 2 is 1.95 bits per heavy atom. The number of aryl methyl sites for hydroxylation is 1. The average Bonchev–Trinajstić information content (AvgIpc) is 2.41. The Balaban J connectivity index is 2.31. The first-order valence-corrected chi connectivity index (χ1v) is 6.63. The van der Waals surface area contributed by atoms with Crippen LogP contribution in [0.15, 0.2) is 42.5 Å². The van der Waals surface area contributed by atoms with Crippen molar-refractivity contribution in [3.05, 3.63) is 68.7 Å². The molecule has 0 heterocycles. The van der Waals surface area contributed by atoms with E-state index >= 15 is 0 Å². The molecule has 1 unspecified atom stereocenters. The molecule has 2 aromatic carbocycles. The third kappa shape index (κ3) is 3.08. The second-order valence-corrected chi connectivity index (χ2v) is 5.08. The zero-order valence-electron chi connectivity index (χ0n) is 11.3. The Bertz CT molecular complexity index is 644. The van der Waals surface area contributed by atoms with E-state index in [1.54, 1.807) is 12.1 Å². The third-order valence-corrected chi connectivity index (χ3v) is 3.42. The van der Waals surface area contributed by atoms with Gasteiger partial charge < -0.3 is 5.32 Å². The minimum absolute atomic E-state index is 0.0158. The quantitative estimate of drug-likeness (QED) is 0.654. The van der Waals surface area contributed by atoms with E-state index in [0.29, 0.717) is 10.7 Å². The monoisotopic (exact) mass is 290 g/mol. The summed E-state index contributed by atoms with van der Waals surface area (Å²) in [5.41, 5.74) is 2.70. The summed E-state index contributed by atoms with van der Waals surface area (Å²) in [6, 6.07) is 12.5. The summed E-state index contributed by atoms with van der Waals surface area (Å²) >= 11 is 5.81. The standard InChI is InChI=1S/C15H15ClN2O2/c1-10-5-3-4-6-13(10)11(2)17-14-8-7-12(16)9-15(14)18(19)20/h3-9,11,17H,1-2H3. The first kappa shape index (κ1) is 14.3. The molecule has 0 saturated heterocycles. The summed E-state index contributed by atoms with van der Waals surface area (Å²) in [6.45, 7) is 3.99. The molecular weight excluding hydrogens is 276 g/mol. The zero-order chi connectivity index (χ0) is 14.7. The first-order valence-electron chi connectivity index (χ1n) is 6.25. The molecule has 0 aromatic heterocycles. The van der Waals surface area contributed by atoms with Crippen molar-refractivity contribution in [2.75, 3.05) is 5.32 Å². The number of nitrogens with one attached hydrogen (secondary N) is 1. The molecule has 4 nitrogen and oxygen atoms in total. The Kier molecular flexibility index (Phi) is 4.25. The van der Waals surface area contributed by atoms with Crippen LogP contribution in [-0.2, 0) is 0 Å². The van der Waals surface area contributed by atoms with E-state index < -0.39 is 4.92 Å². The lowest BCUT2D eigenvalue weighted by Gasteiger charge is -2.17. The van der Waals surface area contributed by atoms with Crippen molar-refractivity contribution in [1.29, 1.82) is 0 Å². The second kappa shape index (κ2) is 5.92. The maximum absolute atomic E-state index is 11.1. The Hall–Kier alpha value is -2.07. The number of hydrogen-bond donors (Lipinski definition) is 1. The van der Waals surface area contributed by atoms with Crippen LogP contribution in [0.2, 0.25) is 5.02 Å². The van der Waals surface area contributed by atoms with Gasteiger partial charge in [0.1, 0.15) is 5.69 Å². The normalized spacial score (nSPS) is 11.9. The number of benzene rings is 2. The highest BCUT2D eigenvalue weighted by molar-refractivity contribution is 6.30. The van der Waals surface area contributed by atoms with Gasteiger partial charge in [-0.2, -0.15) is 0 Å². The molecule has 0 spiro atoms. The molecule has 0 aliphatic heterocycles. The van der Waals surface area contributed by atoms with Gasteiger partial charge in [0.25, 0.3) is 5.69 Å². The van der Waals surface area contributed by atoms with E-state index in [1.165, 1.54) is 6.07 Å². The van der Waals surface area contributed by atoms with E-state index in [9.17, 15) is 10.1 Å². The minimum Gasteiger partial charge on any atom is -0.373 e. The highest BCUT2D eigenvalue weighted by Crippen LogP contribution is 2.31. The fourth-order valence-electron chi connectivity index (χ4n) is 2.16. The molecule has 5 heteroatoms. The summed E-state index contributed by atoms with van der Waals surface area (Å²) in [5.74, 6) is 0. The minimum atomic E-state index is -0.432. The molecule has 0 aliphatic carbocycles. The Labute approximate surface area is 122 Å². The van der Waals surface area contributed by atoms with Crippen LogP contribution >= 0.6 is 11.6 Å². The summed E-state index contributed by atoms with van der Waals surface area (Å²) < 4.78 is 0.